The molecule has 1 aliphatic heterocycles. The number of ether oxygens (including phenoxy) is 1. The van der Waals surface area contributed by atoms with E-state index in [4.69, 9.17) is 9.15 Å². The van der Waals surface area contributed by atoms with Crippen LogP contribution in [0.25, 0.3) is 11.3 Å². The average Bonchev–Trinajstić information content (AvgIpc) is 2.93. The minimum atomic E-state index is 0.764. The van der Waals surface area contributed by atoms with Crippen LogP contribution < -0.4 is 4.74 Å². The Morgan fingerprint density at radius 3 is 2.38 bits per heavy atom. The van der Waals surface area contributed by atoms with Crippen molar-refractivity contribution < 1.29 is 9.15 Å². The van der Waals surface area contributed by atoms with E-state index in [1.807, 2.05) is 36.4 Å². The van der Waals surface area contributed by atoms with Crippen molar-refractivity contribution in [3.8, 4) is 17.1 Å². The van der Waals surface area contributed by atoms with Gasteiger partial charge in [0.15, 0.2) is 0 Å². The summed E-state index contributed by atoms with van der Waals surface area (Å²) in [6.45, 7) is 4.24. The maximum atomic E-state index is 5.85. The van der Waals surface area contributed by atoms with Gasteiger partial charge < -0.3 is 9.15 Å². The Morgan fingerprint density at radius 2 is 1.71 bits per heavy atom. The lowest BCUT2D eigenvalue weighted by molar-refractivity contribution is 0.214. The van der Waals surface area contributed by atoms with Crippen molar-refractivity contribution in [2.24, 2.45) is 0 Å². The van der Waals surface area contributed by atoms with Gasteiger partial charge in [0.2, 0.25) is 0 Å². The van der Waals surface area contributed by atoms with Gasteiger partial charge in [-0.05, 0) is 62.3 Å². The van der Waals surface area contributed by atoms with E-state index in [0.29, 0.717) is 0 Å². The number of benzene rings is 1. The minimum Gasteiger partial charge on any atom is -0.492 e. The van der Waals surface area contributed by atoms with Gasteiger partial charge in [0.1, 0.15) is 18.1 Å². The van der Waals surface area contributed by atoms with Crippen LogP contribution in [0.15, 0.2) is 47.1 Å². The van der Waals surface area contributed by atoms with Crippen LogP contribution in [0.5, 0.6) is 5.75 Å². The molecule has 2 aromatic rings. The number of rotatable bonds is 5. The number of furan rings is 1. The van der Waals surface area contributed by atoms with E-state index in [0.717, 1.165) is 30.2 Å². The van der Waals surface area contributed by atoms with Crippen LogP contribution in [0, 0.1) is 0 Å². The maximum absolute atomic E-state index is 5.85. The lowest BCUT2D eigenvalue weighted by Gasteiger charge is -2.19. The zero-order chi connectivity index (χ0) is 14.3. The third-order valence-electron chi connectivity index (χ3n) is 4.03. The highest BCUT2D eigenvalue weighted by molar-refractivity contribution is 5.58. The second-order valence-corrected chi connectivity index (χ2v) is 5.61. The Balaban J connectivity index is 1.47. The van der Waals surface area contributed by atoms with Crippen molar-refractivity contribution in [3.05, 3.63) is 42.7 Å². The Kier molecular flexibility index (Phi) is 4.95. The highest BCUT2D eigenvalue weighted by Crippen LogP contribution is 2.22. The van der Waals surface area contributed by atoms with Gasteiger partial charge in [-0.2, -0.15) is 0 Å². The second kappa shape index (κ2) is 7.32. The molecule has 112 valence electrons. The molecule has 21 heavy (non-hydrogen) atoms. The molecule has 1 aromatic heterocycles. The van der Waals surface area contributed by atoms with Crippen LogP contribution in [0.1, 0.15) is 25.7 Å². The zero-order valence-corrected chi connectivity index (χ0v) is 12.5. The predicted octanol–water partition coefficient (Wildman–Crippen LogP) is 4.20. The molecular weight excluding hydrogens is 262 g/mol. The van der Waals surface area contributed by atoms with Crippen molar-refractivity contribution in [1.82, 2.24) is 4.90 Å². The SMILES string of the molecule is c1coc(-c2ccc(OCCN3CCCCCC3)cc2)c1. The molecule has 1 aliphatic rings. The van der Waals surface area contributed by atoms with Gasteiger partial charge >= 0.3 is 0 Å². The average molecular weight is 285 g/mol. The highest BCUT2D eigenvalue weighted by Gasteiger charge is 2.08. The third kappa shape index (κ3) is 4.11. The van der Waals surface area contributed by atoms with Crippen LogP contribution in [0.2, 0.25) is 0 Å². The van der Waals surface area contributed by atoms with Gasteiger partial charge in [-0.3, -0.25) is 4.90 Å². The molecule has 2 heterocycles. The molecular formula is C18H23NO2. The van der Waals surface area contributed by atoms with Crippen LogP contribution in [-0.2, 0) is 0 Å². The van der Waals surface area contributed by atoms with Gasteiger partial charge in [-0.25, -0.2) is 0 Å². The monoisotopic (exact) mass is 285 g/mol. The van der Waals surface area contributed by atoms with Gasteiger partial charge in [-0.1, -0.05) is 12.8 Å². The lowest BCUT2D eigenvalue weighted by Crippen LogP contribution is -2.29. The van der Waals surface area contributed by atoms with Crippen molar-refractivity contribution in [3.63, 3.8) is 0 Å². The van der Waals surface area contributed by atoms with Gasteiger partial charge in [0.05, 0.1) is 6.26 Å². The summed E-state index contributed by atoms with van der Waals surface area (Å²) < 4.78 is 11.2. The Bertz CT molecular complexity index is 511. The standard InChI is InChI=1S/C18H23NO2/c1-2-4-12-19(11-3-1)13-15-20-17-9-7-16(8-10-17)18-6-5-14-21-18/h5-10,14H,1-4,11-13,15H2. The second-order valence-electron chi connectivity index (χ2n) is 5.61. The Morgan fingerprint density at radius 1 is 0.952 bits per heavy atom. The van der Waals surface area contributed by atoms with E-state index in [2.05, 4.69) is 4.90 Å². The summed E-state index contributed by atoms with van der Waals surface area (Å²) in [5, 5.41) is 0. The predicted molar refractivity (Wildman–Crippen MR) is 84.5 cm³/mol. The van der Waals surface area contributed by atoms with Gasteiger partial charge in [-0.15, -0.1) is 0 Å². The van der Waals surface area contributed by atoms with Crippen molar-refractivity contribution in [2.45, 2.75) is 25.7 Å². The maximum Gasteiger partial charge on any atom is 0.133 e. The summed E-state index contributed by atoms with van der Waals surface area (Å²) in [5.74, 6) is 1.83. The van der Waals surface area contributed by atoms with Crippen LogP contribution in [0.4, 0.5) is 0 Å². The van der Waals surface area contributed by atoms with Gasteiger partial charge in [0.25, 0.3) is 0 Å². The molecule has 0 N–H and O–H groups in total. The Labute approximate surface area is 126 Å². The molecule has 1 aromatic carbocycles. The molecule has 0 spiro atoms. The van der Waals surface area contributed by atoms with E-state index in [-0.39, 0.29) is 0 Å². The number of hydrogen-bond acceptors (Lipinski definition) is 3. The minimum absolute atomic E-state index is 0.764. The first-order valence-corrected chi connectivity index (χ1v) is 7.91. The molecule has 1 fully saturated rings. The molecule has 1 saturated heterocycles. The van der Waals surface area contributed by atoms with Crippen molar-refractivity contribution in [1.29, 1.82) is 0 Å². The molecule has 3 rings (SSSR count). The highest BCUT2D eigenvalue weighted by atomic mass is 16.5. The fourth-order valence-corrected chi connectivity index (χ4v) is 2.81. The molecule has 3 heteroatoms. The first kappa shape index (κ1) is 14.2. The summed E-state index contributed by atoms with van der Waals surface area (Å²) in [7, 11) is 0. The van der Waals surface area contributed by atoms with E-state index in [1.54, 1.807) is 6.26 Å². The molecule has 0 atom stereocenters. The normalized spacial score (nSPS) is 16.6. The molecule has 0 bridgehead atoms. The molecule has 0 saturated carbocycles. The number of hydrogen-bond donors (Lipinski definition) is 0. The topological polar surface area (TPSA) is 25.6 Å². The zero-order valence-electron chi connectivity index (χ0n) is 12.5. The molecule has 0 radical (unpaired) electrons. The molecule has 3 nitrogen and oxygen atoms in total. The smallest absolute Gasteiger partial charge is 0.133 e. The van der Waals surface area contributed by atoms with Crippen LogP contribution in [0.3, 0.4) is 0 Å². The Hall–Kier alpha value is -1.74. The van der Waals surface area contributed by atoms with E-state index >= 15 is 0 Å². The summed E-state index contributed by atoms with van der Waals surface area (Å²) >= 11 is 0. The lowest BCUT2D eigenvalue weighted by atomic mass is 10.2. The summed E-state index contributed by atoms with van der Waals surface area (Å²) in [6, 6.07) is 12.0. The first-order chi connectivity index (χ1) is 10.4. The van der Waals surface area contributed by atoms with Crippen LogP contribution in [-0.4, -0.2) is 31.1 Å². The van der Waals surface area contributed by atoms with E-state index in [1.165, 1.54) is 38.8 Å². The quantitative estimate of drug-likeness (QED) is 0.823. The summed E-state index contributed by atoms with van der Waals surface area (Å²) in [6.07, 6.45) is 7.12. The number of likely N-dealkylation sites (tertiary alicyclic amines) is 1. The van der Waals surface area contributed by atoms with E-state index < -0.39 is 0 Å². The van der Waals surface area contributed by atoms with Crippen LogP contribution >= 0.6 is 0 Å². The van der Waals surface area contributed by atoms with E-state index in [9.17, 15) is 0 Å². The summed E-state index contributed by atoms with van der Waals surface area (Å²) in [5.41, 5.74) is 1.08. The number of nitrogens with zero attached hydrogens (tertiary/aromatic N) is 1. The van der Waals surface area contributed by atoms with Crippen molar-refractivity contribution >= 4 is 0 Å². The molecule has 0 amide bonds. The molecule has 0 aliphatic carbocycles. The largest absolute Gasteiger partial charge is 0.492 e. The third-order valence-corrected chi connectivity index (χ3v) is 4.03. The van der Waals surface area contributed by atoms with Crippen molar-refractivity contribution in [2.75, 3.05) is 26.2 Å². The first-order valence-electron chi connectivity index (χ1n) is 7.91. The van der Waals surface area contributed by atoms with Gasteiger partial charge in [0, 0.05) is 12.1 Å². The summed E-state index contributed by atoms with van der Waals surface area (Å²) in [4.78, 5) is 2.52. The fourth-order valence-electron chi connectivity index (χ4n) is 2.81. The fraction of sp³-hybridized carbons (Fsp3) is 0.444. The molecule has 0 unspecified atom stereocenters.